The van der Waals surface area contributed by atoms with Gasteiger partial charge < -0.3 is 0 Å². The molecule has 2 aromatic carbocycles. The van der Waals surface area contributed by atoms with Crippen molar-refractivity contribution in [1.82, 2.24) is 0 Å². The second kappa shape index (κ2) is 5.85. The van der Waals surface area contributed by atoms with Crippen molar-refractivity contribution in [3.8, 4) is 11.1 Å². The molecule has 0 spiro atoms. The van der Waals surface area contributed by atoms with Gasteiger partial charge in [0.05, 0.1) is 0 Å². The topological polar surface area (TPSA) is 17.1 Å². The molecule has 0 N–H and O–H groups in total. The SMILES string of the molecule is CC1(C(=O)c2ccc(-c3ccccc3)cc2)CCCCC1. The number of Topliss-reactive ketones (excluding diaryl/α,β-unsaturated/α-hetero) is 1. The van der Waals surface area contributed by atoms with Gasteiger partial charge in [-0.2, -0.15) is 0 Å². The first kappa shape index (κ1) is 14.1. The molecule has 0 radical (unpaired) electrons. The van der Waals surface area contributed by atoms with Crippen LogP contribution >= 0.6 is 0 Å². The number of hydrogen-bond donors (Lipinski definition) is 0. The quantitative estimate of drug-likeness (QED) is 0.677. The molecule has 0 atom stereocenters. The Bertz CT molecular complexity index is 604. The molecule has 108 valence electrons. The first-order chi connectivity index (χ1) is 10.2. The minimum Gasteiger partial charge on any atom is -0.294 e. The van der Waals surface area contributed by atoms with E-state index >= 15 is 0 Å². The molecule has 2 aromatic rings. The van der Waals surface area contributed by atoms with Gasteiger partial charge in [-0.05, 0) is 24.0 Å². The van der Waals surface area contributed by atoms with E-state index in [-0.39, 0.29) is 5.41 Å². The Morgan fingerprint density at radius 3 is 2.00 bits per heavy atom. The van der Waals surface area contributed by atoms with E-state index in [1.165, 1.54) is 30.4 Å². The molecule has 0 aromatic heterocycles. The molecule has 1 aliphatic rings. The normalized spacial score (nSPS) is 17.4. The highest BCUT2D eigenvalue weighted by atomic mass is 16.1. The Hall–Kier alpha value is -1.89. The molecule has 1 nitrogen and oxygen atoms in total. The average molecular weight is 278 g/mol. The molecule has 0 bridgehead atoms. The highest BCUT2D eigenvalue weighted by molar-refractivity contribution is 6.00. The largest absolute Gasteiger partial charge is 0.294 e. The van der Waals surface area contributed by atoms with Crippen LogP contribution < -0.4 is 0 Å². The summed E-state index contributed by atoms with van der Waals surface area (Å²) < 4.78 is 0. The van der Waals surface area contributed by atoms with Gasteiger partial charge in [0.25, 0.3) is 0 Å². The third-order valence-electron chi connectivity index (χ3n) is 4.76. The summed E-state index contributed by atoms with van der Waals surface area (Å²) in [5.74, 6) is 0.321. The Morgan fingerprint density at radius 2 is 1.38 bits per heavy atom. The van der Waals surface area contributed by atoms with Crippen molar-refractivity contribution in [2.75, 3.05) is 0 Å². The monoisotopic (exact) mass is 278 g/mol. The smallest absolute Gasteiger partial charge is 0.168 e. The highest BCUT2D eigenvalue weighted by Gasteiger charge is 2.34. The van der Waals surface area contributed by atoms with E-state index in [0.717, 1.165) is 18.4 Å². The van der Waals surface area contributed by atoms with Crippen LogP contribution in [0.1, 0.15) is 49.4 Å². The van der Waals surface area contributed by atoms with Gasteiger partial charge >= 0.3 is 0 Å². The summed E-state index contributed by atoms with van der Waals surface area (Å²) in [7, 11) is 0. The molecular weight excluding hydrogens is 256 g/mol. The molecule has 1 aliphatic carbocycles. The Morgan fingerprint density at radius 1 is 0.810 bits per heavy atom. The van der Waals surface area contributed by atoms with Crippen molar-refractivity contribution in [3.05, 3.63) is 60.2 Å². The van der Waals surface area contributed by atoms with Crippen LogP contribution in [0.4, 0.5) is 0 Å². The third-order valence-corrected chi connectivity index (χ3v) is 4.76. The maximum Gasteiger partial charge on any atom is 0.168 e. The zero-order chi connectivity index (χ0) is 14.7. The summed E-state index contributed by atoms with van der Waals surface area (Å²) in [6.07, 6.45) is 5.71. The molecule has 3 rings (SSSR count). The summed E-state index contributed by atoms with van der Waals surface area (Å²) in [6, 6.07) is 18.4. The predicted octanol–water partition coefficient (Wildman–Crippen LogP) is 5.51. The number of hydrogen-bond acceptors (Lipinski definition) is 1. The van der Waals surface area contributed by atoms with Crippen LogP contribution in [0.2, 0.25) is 0 Å². The van der Waals surface area contributed by atoms with Crippen LogP contribution in [0, 0.1) is 5.41 Å². The highest BCUT2D eigenvalue weighted by Crippen LogP contribution is 2.38. The molecule has 1 heteroatoms. The lowest BCUT2D eigenvalue weighted by Gasteiger charge is -2.32. The zero-order valence-corrected chi connectivity index (χ0v) is 12.6. The van der Waals surface area contributed by atoms with E-state index in [1.54, 1.807) is 0 Å². The van der Waals surface area contributed by atoms with E-state index in [2.05, 4.69) is 31.2 Å². The van der Waals surface area contributed by atoms with Crippen molar-refractivity contribution in [1.29, 1.82) is 0 Å². The Labute approximate surface area is 127 Å². The molecule has 0 unspecified atom stereocenters. The second-order valence-electron chi connectivity index (χ2n) is 6.39. The number of carbonyl (C=O) groups is 1. The van der Waals surface area contributed by atoms with Crippen LogP contribution in [0.5, 0.6) is 0 Å². The standard InChI is InChI=1S/C20H22O/c1-20(14-6-3-7-15-20)19(21)18-12-10-17(11-13-18)16-8-4-2-5-9-16/h2,4-5,8-13H,3,6-7,14-15H2,1H3. The van der Waals surface area contributed by atoms with E-state index in [1.807, 2.05) is 30.3 Å². The lowest BCUT2D eigenvalue weighted by atomic mass is 9.71. The second-order valence-corrected chi connectivity index (χ2v) is 6.39. The van der Waals surface area contributed by atoms with Crippen LogP contribution in [0.3, 0.4) is 0 Å². The van der Waals surface area contributed by atoms with Gasteiger partial charge in [-0.25, -0.2) is 0 Å². The van der Waals surface area contributed by atoms with Gasteiger partial charge in [0.2, 0.25) is 0 Å². The van der Waals surface area contributed by atoms with Crippen molar-refractivity contribution in [2.45, 2.75) is 39.0 Å². The molecular formula is C20H22O. The maximum atomic E-state index is 12.8. The fourth-order valence-corrected chi connectivity index (χ4v) is 3.35. The van der Waals surface area contributed by atoms with Gasteiger partial charge in [0.1, 0.15) is 0 Å². The van der Waals surface area contributed by atoms with Crippen molar-refractivity contribution < 1.29 is 4.79 Å². The summed E-state index contributed by atoms with van der Waals surface area (Å²) in [5, 5.41) is 0. The fourth-order valence-electron chi connectivity index (χ4n) is 3.35. The van der Waals surface area contributed by atoms with Crippen LogP contribution in [0.15, 0.2) is 54.6 Å². The summed E-state index contributed by atoms with van der Waals surface area (Å²) in [5.41, 5.74) is 3.08. The van der Waals surface area contributed by atoms with Gasteiger partial charge in [-0.15, -0.1) is 0 Å². The fraction of sp³-hybridized carbons (Fsp3) is 0.350. The minimum atomic E-state index is -0.146. The predicted molar refractivity (Wildman–Crippen MR) is 87.4 cm³/mol. The van der Waals surface area contributed by atoms with Crippen LogP contribution in [-0.2, 0) is 0 Å². The number of benzene rings is 2. The van der Waals surface area contributed by atoms with Crippen molar-refractivity contribution >= 4 is 5.78 Å². The van der Waals surface area contributed by atoms with E-state index in [9.17, 15) is 4.79 Å². The van der Waals surface area contributed by atoms with Gasteiger partial charge in [-0.1, -0.05) is 80.8 Å². The maximum absolute atomic E-state index is 12.8. The molecule has 1 saturated carbocycles. The first-order valence-electron chi connectivity index (χ1n) is 7.89. The Balaban J connectivity index is 1.82. The van der Waals surface area contributed by atoms with Gasteiger partial charge in [-0.3, -0.25) is 4.79 Å². The molecule has 0 amide bonds. The van der Waals surface area contributed by atoms with E-state index in [0.29, 0.717) is 5.78 Å². The van der Waals surface area contributed by atoms with E-state index < -0.39 is 0 Å². The number of rotatable bonds is 3. The van der Waals surface area contributed by atoms with Gasteiger partial charge in [0.15, 0.2) is 5.78 Å². The van der Waals surface area contributed by atoms with Crippen molar-refractivity contribution in [3.63, 3.8) is 0 Å². The summed E-state index contributed by atoms with van der Waals surface area (Å²) >= 11 is 0. The zero-order valence-electron chi connectivity index (χ0n) is 12.6. The first-order valence-corrected chi connectivity index (χ1v) is 7.89. The lowest BCUT2D eigenvalue weighted by molar-refractivity contribution is 0.0749. The molecule has 1 fully saturated rings. The number of ketones is 1. The third kappa shape index (κ3) is 2.92. The number of carbonyl (C=O) groups excluding carboxylic acids is 1. The van der Waals surface area contributed by atoms with Crippen LogP contribution in [-0.4, -0.2) is 5.78 Å². The molecule has 0 saturated heterocycles. The van der Waals surface area contributed by atoms with E-state index in [4.69, 9.17) is 0 Å². The minimum absolute atomic E-state index is 0.146. The molecule has 0 aliphatic heterocycles. The molecule has 0 heterocycles. The Kier molecular flexibility index (Phi) is 3.92. The van der Waals surface area contributed by atoms with Gasteiger partial charge in [0, 0.05) is 11.0 Å². The van der Waals surface area contributed by atoms with Crippen molar-refractivity contribution in [2.24, 2.45) is 5.41 Å². The summed E-state index contributed by atoms with van der Waals surface area (Å²) in [6.45, 7) is 2.14. The average Bonchev–Trinajstić information content (AvgIpc) is 2.56. The summed E-state index contributed by atoms with van der Waals surface area (Å²) in [4.78, 5) is 12.8. The lowest BCUT2D eigenvalue weighted by Crippen LogP contribution is -2.30. The molecule has 21 heavy (non-hydrogen) atoms. The van der Waals surface area contributed by atoms with Crippen LogP contribution in [0.25, 0.3) is 11.1 Å².